The smallest absolute Gasteiger partial charge is 0.225 e. The lowest BCUT2D eigenvalue weighted by Crippen LogP contribution is -2.12. The second-order valence-electron chi connectivity index (χ2n) is 6.11. The topological polar surface area (TPSA) is 49.2 Å². The van der Waals surface area contributed by atoms with Crippen molar-refractivity contribution in [3.63, 3.8) is 0 Å². The van der Waals surface area contributed by atoms with Gasteiger partial charge in [-0.3, -0.25) is 0 Å². The number of benzene rings is 2. The van der Waals surface area contributed by atoms with Crippen molar-refractivity contribution in [2.24, 2.45) is 0 Å². The number of fused-ring (bicyclic) bond motifs is 1. The second-order valence-corrected chi connectivity index (χ2v) is 8.09. The van der Waals surface area contributed by atoms with Crippen LogP contribution in [0, 0.1) is 6.92 Å². The molecule has 0 saturated carbocycles. The molecule has 4 aromatic rings. The van der Waals surface area contributed by atoms with Gasteiger partial charge in [-0.25, -0.2) is 4.98 Å². The molecule has 2 aromatic heterocycles. The number of hydrogen-bond donors (Lipinski definition) is 1. The van der Waals surface area contributed by atoms with E-state index in [0.29, 0.717) is 10.8 Å². The van der Waals surface area contributed by atoms with E-state index in [2.05, 4.69) is 16.9 Å². The molecule has 0 saturated heterocycles. The fraction of sp³-hybridized carbons (Fsp3) is 0.100. The summed E-state index contributed by atoms with van der Waals surface area (Å²) in [7, 11) is 1.92. The van der Waals surface area contributed by atoms with Gasteiger partial charge in [0, 0.05) is 28.2 Å². The highest BCUT2D eigenvalue weighted by atomic mass is 35.5. The van der Waals surface area contributed by atoms with Crippen molar-refractivity contribution < 1.29 is 5.11 Å². The lowest BCUT2D eigenvalue weighted by molar-refractivity contribution is 0.475. The molecule has 0 aliphatic carbocycles. The molecule has 2 heterocycles. The Labute approximate surface area is 170 Å². The van der Waals surface area contributed by atoms with E-state index >= 15 is 0 Å². The summed E-state index contributed by atoms with van der Waals surface area (Å²) in [4.78, 5) is 12.9. The van der Waals surface area contributed by atoms with Gasteiger partial charge in [0.2, 0.25) is 5.28 Å². The Balaban J connectivity index is 1.97. The van der Waals surface area contributed by atoms with E-state index in [1.165, 1.54) is 0 Å². The Hall–Kier alpha value is -2.34. The first-order chi connectivity index (χ1) is 12.9. The average molecular weight is 416 g/mol. The number of aromatic nitrogens is 2. The molecular weight excluding hydrogens is 401 g/mol. The maximum atomic E-state index is 9.57. The molecule has 0 aliphatic rings. The minimum absolute atomic E-state index is 0.201. The number of phenols is 1. The van der Waals surface area contributed by atoms with Gasteiger partial charge in [-0.15, -0.1) is 11.3 Å². The first-order valence-corrected chi connectivity index (χ1v) is 9.76. The number of hydrogen-bond acceptors (Lipinski definition) is 5. The molecule has 0 amide bonds. The fourth-order valence-electron chi connectivity index (χ4n) is 3.07. The summed E-state index contributed by atoms with van der Waals surface area (Å²) in [5, 5.41) is 11.4. The summed E-state index contributed by atoms with van der Waals surface area (Å²) in [5.74, 6) is 0.927. The molecule has 1 N–H and O–H groups in total. The summed E-state index contributed by atoms with van der Waals surface area (Å²) in [6.45, 7) is 2.06. The highest BCUT2D eigenvalue weighted by molar-refractivity contribution is 7.19. The maximum absolute atomic E-state index is 9.57. The Morgan fingerprint density at radius 1 is 0.963 bits per heavy atom. The van der Waals surface area contributed by atoms with Crippen LogP contribution in [0.1, 0.15) is 4.88 Å². The molecule has 2 aromatic carbocycles. The van der Waals surface area contributed by atoms with Crippen LogP contribution in [0.25, 0.3) is 21.3 Å². The molecule has 0 atom stereocenters. The zero-order chi connectivity index (χ0) is 19.1. The van der Waals surface area contributed by atoms with Crippen LogP contribution in [-0.4, -0.2) is 22.1 Å². The van der Waals surface area contributed by atoms with Gasteiger partial charge in [-0.05, 0) is 60.5 Å². The van der Waals surface area contributed by atoms with E-state index in [-0.39, 0.29) is 11.0 Å². The summed E-state index contributed by atoms with van der Waals surface area (Å²) in [5.41, 5.74) is 3.01. The number of nitrogens with zero attached hydrogens (tertiary/aromatic N) is 3. The lowest BCUT2D eigenvalue weighted by atomic mass is 10.0. The Bertz CT molecular complexity index is 1120. The number of halogens is 2. The monoisotopic (exact) mass is 415 g/mol. The number of thiophene rings is 1. The van der Waals surface area contributed by atoms with Crippen LogP contribution < -0.4 is 4.90 Å². The molecule has 0 radical (unpaired) electrons. The van der Waals surface area contributed by atoms with Crippen LogP contribution in [-0.2, 0) is 0 Å². The molecule has 7 heteroatoms. The predicted molar refractivity (Wildman–Crippen MR) is 114 cm³/mol. The van der Waals surface area contributed by atoms with Crippen molar-refractivity contribution in [1.82, 2.24) is 9.97 Å². The normalized spacial score (nSPS) is 11.1. The summed E-state index contributed by atoms with van der Waals surface area (Å²) in [6, 6.07) is 14.7. The molecule has 0 bridgehead atoms. The van der Waals surface area contributed by atoms with Gasteiger partial charge in [0.1, 0.15) is 16.4 Å². The fourth-order valence-corrected chi connectivity index (χ4v) is 4.45. The van der Waals surface area contributed by atoms with Crippen LogP contribution in [0.4, 0.5) is 11.5 Å². The number of aromatic hydroxyl groups is 1. The average Bonchev–Trinajstić information content (AvgIpc) is 2.97. The highest BCUT2D eigenvalue weighted by Gasteiger charge is 2.21. The largest absolute Gasteiger partial charge is 0.508 e. The van der Waals surface area contributed by atoms with Crippen molar-refractivity contribution >= 4 is 56.3 Å². The number of phenolic OH excluding ortho intramolecular Hbond substituents is 1. The van der Waals surface area contributed by atoms with Crippen molar-refractivity contribution in [2.75, 3.05) is 11.9 Å². The van der Waals surface area contributed by atoms with Crippen molar-refractivity contribution in [3.05, 3.63) is 63.7 Å². The minimum Gasteiger partial charge on any atom is -0.508 e. The first kappa shape index (κ1) is 18.0. The molecule has 136 valence electrons. The SMILES string of the molecule is Cc1sc2nc(Cl)nc(N(C)c3ccc(O)cc3)c2c1-c1ccc(Cl)cc1. The van der Waals surface area contributed by atoms with Crippen LogP contribution in [0.15, 0.2) is 48.5 Å². The van der Waals surface area contributed by atoms with E-state index in [9.17, 15) is 5.11 Å². The van der Waals surface area contributed by atoms with Crippen LogP contribution in [0.5, 0.6) is 5.75 Å². The van der Waals surface area contributed by atoms with E-state index in [1.807, 2.05) is 48.3 Å². The number of anilines is 2. The van der Waals surface area contributed by atoms with Crippen LogP contribution in [0.2, 0.25) is 10.3 Å². The van der Waals surface area contributed by atoms with Gasteiger partial charge in [0.15, 0.2) is 0 Å². The number of aryl methyl sites for hydroxylation is 1. The molecule has 0 aliphatic heterocycles. The quantitative estimate of drug-likeness (QED) is 0.390. The van der Waals surface area contributed by atoms with Gasteiger partial charge in [-0.2, -0.15) is 4.98 Å². The third kappa shape index (κ3) is 3.34. The van der Waals surface area contributed by atoms with E-state index in [4.69, 9.17) is 23.2 Å². The molecule has 0 fully saturated rings. The Morgan fingerprint density at radius 3 is 2.30 bits per heavy atom. The molecule has 0 unspecified atom stereocenters. The van der Waals surface area contributed by atoms with Gasteiger partial charge >= 0.3 is 0 Å². The highest BCUT2D eigenvalue weighted by Crippen LogP contribution is 2.43. The van der Waals surface area contributed by atoms with Gasteiger partial charge < -0.3 is 10.0 Å². The third-order valence-corrected chi connectivity index (χ3v) is 5.79. The van der Waals surface area contributed by atoms with E-state index in [1.54, 1.807) is 23.5 Å². The molecule has 4 nitrogen and oxygen atoms in total. The third-order valence-electron chi connectivity index (χ3n) is 4.37. The van der Waals surface area contributed by atoms with Gasteiger partial charge in [0.25, 0.3) is 0 Å². The predicted octanol–water partition coefficient (Wildman–Crippen LogP) is 6.45. The number of rotatable bonds is 3. The van der Waals surface area contributed by atoms with E-state index in [0.717, 1.165) is 31.9 Å². The van der Waals surface area contributed by atoms with Crippen molar-refractivity contribution in [2.45, 2.75) is 6.92 Å². The van der Waals surface area contributed by atoms with Gasteiger partial charge in [-0.1, -0.05) is 23.7 Å². The first-order valence-electron chi connectivity index (χ1n) is 8.19. The Morgan fingerprint density at radius 2 is 1.63 bits per heavy atom. The summed E-state index contributed by atoms with van der Waals surface area (Å²) >= 11 is 13.9. The van der Waals surface area contributed by atoms with Crippen LogP contribution >= 0.6 is 34.5 Å². The Kier molecular flexibility index (Phi) is 4.68. The molecule has 0 spiro atoms. The zero-order valence-electron chi connectivity index (χ0n) is 14.6. The van der Waals surface area contributed by atoms with Gasteiger partial charge in [0.05, 0.1) is 5.39 Å². The maximum Gasteiger partial charge on any atom is 0.225 e. The van der Waals surface area contributed by atoms with Crippen LogP contribution in [0.3, 0.4) is 0 Å². The zero-order valence-corrected chi connectivity index (χ0v) is 16.9. The summed E-state index contributed by atoms with van der Waals surface area (Å²) < 4.78 is 0. The molecular formula is C20H15Cl2N3OS. The molecule has 4 rings (SSSR count). The second kappa shape index (κ2) is 7.00. The summed E-state index contributed by atoms with van der Waals surface area (Å²) in [6.07, 6.45) is 0. The van der Waals surface area contributed by atoms with Crippen molar-refractivity contribution in [3.8, 4) is 16.9 Å². The standard InChI is InChI=1S/C20H15Cl2N3OS/c1-11-16(12-3-5-13(21)6-4-12)17-18(23-20(22)24-19(17)27-11)25(2)14-7-9-15(26)10-8-14/h3-10,26H,1-2H3. The van der Waals surface area contributed by atoms with E-state index < -0.39 is 0 Å². The minimum atomic E-state index is 0.201. The lowest BCUT2D eigenvalue weighted by Gasteiger charge is -2.20. The van der Waals surface area contributed by atoms with Crippen molar-refractivity contribution in [1.29, 1.82) is 0 Å². The molecule has 27 heavy (non-hydrogen) atoms.